The van der Waals surface area contributed by atoms with E-state index in [2.05, 4.69) is 19.2 Å². The first-order chi connectivity index (χ1) is 3.41. The highest BCUT2D eigenvalue weighted by Gasteiger charge is 1.62. The lowest BCUT2D eigenvalue weighted by molar-refractivity contribution is 0.762. The van der Waals surface area contributed by atoms with Gasteiger partial charge in [-0.2, -0.15) is 11.1 Å². The van der Waals surface area contributed by atoms with Crippen molar-refractivity contribution >= 4 is 20.6 Å². The van der Waals surface area contributed by atoms with Crippen LogP contribution in [-0.2, 0) is 0 Å². The fourth-order valence-electron chi connectivity index (χ4n) is 0.250. The minimum absolute atomic E-state index is 0.778. The topological polar surface area (TPSA) is 12.0 Å². The number of rotatable bonds is 2. The Labute approximate surface area is 53.6 Å². The number of nitrogens with one attached hydrogen (secondary N) is 1. The van der Waals surface area contributed by atoms with Crippen molar-refractivity contribution in [3.05, 3.63) is 0 Å². The molecule has 0 aliphatic rings. The van der Waals surface area contributed by atoms with Crippen LogP contribution in [0.15, 0.2) is 0 Å². The third-order valence-corrected chi connectivity index (χ3v) is 0.500. The molecular formula is C4H14ClNSi. The molecule has 0 unspecified atom stereocenters. The second-order valence-electron chi connectivity index (χ2n) is 0.957. The standard InChI is InChI=1S/C4H11N.ClH3Si/c1-3-5-4-2;1-2/h5H,3-4H2,1-2H3;2H3. The van der Waals surface area contributed by atoms with Crippen LogP contribution in [0.3, 0.4) is 0 Å². The molecule has 0 fully saturated rings. The molecule has 1 nitrogen and oxygen atoms in total. The second kappa shape index (κ2) is 16.1. The van der Waals surface area contributed by atoms with Crippen molar-refractivity contribution in [2.75, 3.05) is 13.1 Å². The van der Waals surface area contributed by atoms with E-state index in [1.54, 1.807) is 0 Å². The van der Waals surface area contributed by atoms with E-state index < -0.39 is 0 Å². The molecule has 7 heavy (non-hydrogen) atoms. The molecule has 0 spiro atoms. The summed E-state index contributed by atoms with van der Waals surface area (Å²) in [5, 5.41) is 3.11. The van der Waals surface area contributed by atoms with Gasteiger partial charge in [0.15, 0.2) is 0 Å². The van der Waals surface area contributed by atoms with Crippen LogP contribution in [0.1, 0.15) is 13.8 Å². The first-order valence-electron chi connectivity index (χ1n) is 2.50. The monoisotopic (exact) mass is 139 g/mol. The summed E-state index contributed by atoms with van der Waals surface area (Å²) in [6, 6.07) is 0. The number of halogens is 1. The molecule has 0 aromatic carbocycles. The van der Waals surface area contributed by atoms with E-state index in [-0.39, 0.29) is 0 Å². The van der Waals surface area contributed by atoms with E-state index in [9.17, 15) is 0 Å². The van der Waals surface area contributed by atoms with Gasteiger partial charge in [0.25, 0.3) is 0 Å². The van der Waals surface area contributed by atoms with E-state index in [0.717, 1.165) is 22.6 Å². The summed E-state index contributed by atoms with van der Waals surface area (Å²) in [4.78, 5) is 0. The Hall–Kier alpha value is 0.467. The van der Waals surface area contributed by atoms with Gasteiger partial charge in [0.2, 0.25) is 0 Å². The van der Waals surface area contributed by atoms with Crippen LogP contribution < -0.4 is 5.32 Å². The maximum atomic E-state index is 4.78. The summed E-state index contributed by atoms with van der Waals surface area (Å²) < 4.78 is 0. The fourth-order valence-corrected chi connectivity index (χ4v) is 0.250. The van der Waals surface area contributed by atoms with Crippen LogP contribution in [0.5, 0.6) is 0 Å². The van der Waals surface area contributed by atoms with Crippen molar-refractivity contribution in [1.82, 2.24) is 5.32 Å². The van der Waals surface area contributed by atoms with Gasteiger partial charge < -0.3 is 5.32 Å². The van der Waals surface area contributed by atoms with E-state index in [1.165, 1.54) is 0 Å². The molecule has 0 radical (unpaired) electrons. The maximum absolute atomic E-state index is 4.78. The molecule has 0 amide bonds. The zero-order valence-electron chi connectivity index (χ0n) is 5.29. The Bertz CT molecular complexity index is 19.2. The van der Waals surface area contributed by atoms with Crippen LogP contribution in [0, 0.1) is 0 Å². The summed E-state index contributed by atoms with van der Waals surface area (Å²) in [5.41, 5.74) is 0. The number of hydrogen-bond acceptors (Lipinski definition) is 1. The van der Waals surface area contributed by atoms with Gasteiger partial charge >= 0.3 is 0 Å². The van der Waals surface area contributed by atoms with Gasteiger partial charge in [0.05, 0.1) is 0 Å². The zero-order chi connectivity index (χ0) is 6.12. The highest BCUT2D eigenvalue weighted by atomic mass is 35.6. The molecular weight excluding hydrogens is 126 g/mol. The van der Waals surface area contributed by atoms with Crippen molar-refractivity contribution in [2.45, 2.75) is 13.8 Å². The van der Waals surface area contributed by atoms with Gasteiger partial charge in [0, 0.05) is 0 Å². The van der Waals surface area contributed by atoms with Crippen molar-refractivity contribution in [3.8, 4) is 0 Å². The van der Waals surface area contributed by atoms with Gasteiger partial charge in [0.1, 0.15) is 9.55 Å². The fraction of sp³-hybridized carbons (Fsp3) is 1.00. The summed E-state index contributed by atoms with van der Waals surface area (Å²) in [7, 11) is 0.778. The Balaban J connectivity index is 0. The molecule has 0 bridgehead atoms. The van der Waals surface area contributed by atoms with Gasteiger partial charge in [-0.1, -0.05) is 13.8 Å². The highest BCUT2D eigenvalue weighted by Crippen LogP contribution is 1.47. The molecule has 0 atom stereocenters. The molecule has 0 aromatic rings. The van der Waals surface area contributed by atoms with Gasteiger partial charge in [-0.3, -0.25) is 0 Å². The van der Waals surface area contributed by atoms with Gasteiger partial charge in [-0.25, -0.2) is 0 Å². The lowest BCUT2D eigenvalue weighted by Crippen LogP contribution is -2.09. The SMILES string of the molecule is CCNCC.[SiH3]Cl. The highest BCUT2D eigenvalue weighted by molar-refractivity contribution is 6.80. The van der Waals surface area contributed by atoms with Crippen molar-refractivity contribution < 1.29 is 0 Å². The molecule has 0 saturated heterocycles. The Kier molecular flexibility index (Phi) is 24.0. The Morgan fingerprint density at radius 2 is 1.57 bits per heavy atom. The molecule has 3 heteroatoms. The van der Waals surface area contributed by atoms with Crippen molar-refractivity contribution in [1.29, 1.82) is 0 Å². The van der Waals surface area contributed by atoms with Crippen molar-refractivity contribution in [3.63, 3.8) is 0 Å². The predicted octanol–water partition coefficient (Wildman–Crippen LogP) is 0.121. The minimum Gasteiger partial charge on any atom is -0.317 e. The third kappa shape index (κ3) is 21.2. The molecule has 0 heterocycles. The summed E-state index contributed by atoms with van der Waals surface area (Å²) >= 11 is 4.78. The predicted molar refractivity (Wildman–Crippen MR) is 40.0 cm³/mol. The van der Waals surface area contributed by atoms with Crippen molar-refractivity contribution in [2.24, 2.45) is 0 Å². The van der Waals surface area contributed by atoms with Crippen LogP contribution >= 0.6 is 11.1 Å². The van der Waals surface area contributed by atoms with Crippen LogP contribution in [0.4, 0.5) is 0 Å². The quantitative estimate of drug-likeness (QED) is 0.424. The van der Waals surface area contributed by atoms with E-state index in [4.69, 9.17) is 11.1 Å². The summed E-state index contributed by atoms with van der Waals surface area (Å²) in [5.74, 6) is 0. The molecule has 46 valence electrons. The molecule has 1 N–H and O–H groups in total. The Morgan fingerprint density at radius 1 is 1.29 bits per heavy atom. The summed E-state index contributed by atoms with van der Waals surface area (Å²) in [6.45, 7) is 6.39. The maximum Gasteiger partial charge on any atom is 0.109 e. The van der Waals surface area contributed by atoms with Gasteiger partial charge in [-0.15, -0.1) is 0 Å². The van der Waals surface area contributed by atoms with E-state index in [0.29, 0.717) is 0 Å². The van der Waals surface area contributed by atoms with Crippen LogP contribution in [0.25, 0.3) is 0 Å². The largest absolute Gasteiger partial charge is 0.317 e. The van der Waals surface area contributed by atoms with Gasteiger partial charge in [-0.05, 0) is 13.1 Å². The number of hydrogen-bond donors (Lipinski definition) is 1. The van der Waals surface area contributed by atoms with Crippen LogP contribution in [-0.4, -0.2) is 22.6 Å². The lowest BCUT2D eigenvalue weighted by atomic mass is 10.7. The average Bonchev–Trinajstić information content (AvgIpc) is 1.75. The zero-order valence-corrected chi connectivity index (χ0v) is 8.05. The van der Waals surface area contributed by atoms with Crippen LogP contribution in [0.2, 0.25) is 0 Å². The summed E-state index contributed by atoms with van der Waals surface area (Å²) in [6.07, 6.45) is 0. The normalized spacial score (nSPS) is 7.29. The first-order valence-corrected chi connectivity index (χ1v) is 5.52. The molecule has 0 rings (SSSR count). The lowest BCUT2D eigenvalue weighted by Gasteiger charge is -1.86. The molecule has 0 saturated carbocycles. The Morgan fingerprint density at radius 3 is 1.57 bits per heavy atom. The van der Waals surface area contributed by atoms with E-state index >= 15 is 0 Å². The third-order valence-electron chi connectivity index (χ3n) is 0.500. The van der Waals surface area contributed by atoms with E-state index in [1.807, 2.05) is 0 Å². The average molecular weight is 140 g/mol. The smallest absolute Gasteiger partial charge is 0.109 e. The molecule has 0 aliphatic carbocycles. The molecule has 0 aromatic heterocycles. The minimum atomic E-state index is 0.778. The second-order valence-corrected chi connectivity index (χ2v) is 0.957. The molecule has 0 aliphatic heterocycles. The first kappa shape index (κ1) is 10.4.